The summed E-state index contributed by atoms with van der Waals surface area (Å²) in [5.41, 5.74) is 2.26. The lowest BCUT2D eigenvalue weighted by molar-refractivity contribution is -0.149. The lowest BCUT2D eigenvalue weighted by Crippen LogP contribution is -2.33. The number of carbonyl (C=O) groups excluding carboxylic acids is 1. The van der Waals surface area contributed by atoms with Gasteiger partial charge in [-0.2, -0.15) is 0 Å². The van der Waals surface area contributed by atoms with Crippen LogP contribution in [0.15, 0.2) is 54.6 Å². The Hall–Kier alpha value is -2.28. The van der Waals surface area contributed by atoms with Crippen LogP contribution in [0.4, 0.5) is 4.39 Å². The third-order valence-corrected chi connectivity index (χ3v) is 4.22. The van der Waals surface area contributed by atoms with Gasteiger partial charge in [-0.1, -0.05) is 48.0 Å². The summed E-state index contributed by atoms with van der Waals surface area (Å²) in [5, 5.41) is 9.89. The number of aliphatic hydroxyl groups is 1. The van der Waals surface area contributed by atoms with Crippen molar-refractivity contribution in [1.29, 1.82) is 0 Å². The molecule has 5 nitrogen and oxygen atoms in total. The smallest absolute Gasteiger partial charge is 0.338 e. The first kappa shape index (κ1) is 18.5. The molecular weight excluding hydrogens is 339 g/mol. The predicted molar refractivity (Wildman–Crippen MR) is 92.3 cm³/mol. The monoisotopic (exact) mass is 360 g/mol. The molecule has 1 aliphatic rings. The molecular formula is C20H21FO5. The number of hydrogen-bond donors (Lipinski definition) is 1. The summed E-state index contributed by atoms with van der Waals surface area (Å²) >= 11 is 0. The van der Waals surface area contributed by atoms with Crippen molar-refractivity contribution >= 4 is 5.97 Å². The number of halogens is 1. The number of hydrogen-bond acceptors (Lipinski definition) is 5. The molecule has 0 spiro atoms. The van der Waals surface area contributed by atoms with E-state index in [1.165, 1.54) is 0 Å². The Morgan fingerprint density at radius 1 is 1.15 bits per heavy atom. The average molecular weight is 360 g/mol. The minimum Gasteiger partial charge on any atom is -0.459 e. The van der Waals surface area contributed by atoms with Gasteiger partial charge in [0.15, 0.2) is 12.5 Å². The number of rotatable bonds is 6. The lowest BCUT2D eigenvalue weighted by atomic mass is 10.1. The van der Waals surface area contributed by atoms with Gasteiger partial charge in [-0.3, -0.25) is 0 Å². The quantitative estimate of drug-likeness (QED) is 0.803. The van der Waals surface area contributed by atoms with Crippen molar-refractivity contribution in [2.45, 2.75) is 38.2 Å². The van der Waals surface area contributed by atoms with E-state index in [4.69, 9.17) is 14.2 Å². The molecule has 26 heavy (non-hydrogen) atoms. The SMILES string of the molecule is Cc1ccc(C(=O)OC[C@H]2OC(O)[C@H](OCc3ccccc3)[C@@H]2F)cc1. The largest absolute Gasteiger partial charge is 0.459 e. The molecule has 0 aliphatic carbocycles. The van der Waals surface area contributed by atoms with Crippen LogP contribution in [0.3, 0.4) is 0 Å². The van der Waals surface area contributed by atoms with Crippen LogP contribution in [0.1, 0.15) is 21.5 Å². The highest BCUT2D eigenvalue weighted by atomic mass is 19.1. The second-order valence-electron chi connectivity index (χ2n) is 6.24. The second-order valence-corrected chi connectivity index (χ2v) is 6.24. The van der Waals surface area contributed by atoms with Crippen LogP contribution >= 0.6 is 0 Å². The van der Waals surface area contributed by atoms with E-state index in [0.29, 0.717) is 5.56 Å². The number of benzene rings is 2. The van der Waals surface area contributed by atoms with Gasteiger partial charge in [0.2, 0.25) is 0 Å². The standard InChI is InChI=1S/C20H21FO5/c1-13-7-9-15(10-8-13)19(22)25-12-16-17(21)18(20(23)26-16)24-11-14-5-3-2-4-6-14/h2-10,16-18,20,23H,11-12H2,1H3/t16-,17-,18-,20?/m1/s1. The minimum absolute atomic E-state index is 0.155. The molecule has 1 saturated heterocycles. The first-order valence-corrected chi connectivity index (χ1v) is 8.41. The normalized spacial score (nSPS) is 25.2. The summed E-state index contributed by atoms with van der Waals surface area (Å²) < 4.78 is 30.2. The Balaban J connectivity index is 1.51. The first-order valence-electron chi connectivity index (χ1n) is 8.41. The molecule has 1 fully saturated rings. The van der Waals surface area contributed by atoms with Gasteiger partial charge in [0, 0.05) is 0 Å². The Morgan fingerprint density at radius 2 is 1.85 bits per heavy atom. The maximum absolute atomic E-state index is 14.5. The minimum atomic E-state index is -1.60. The number of esters is 1. The van der Waals surface area contributed by atoms with Crippen molar-refractivity contribution in [3.63, 3.8) is 0 Å². The topological polar surface area (TPSA) is 65.0 Å². The summed E-state index contributed by atoms with van der Waals surface area (Å²) in [4.78, 5) is 12.0. The van der Waals surface area contributed by atoms with Crippen LogP contribution < -0.4 is 0 Å². The maximum Gasteiger partial charge on any atom is 0.338 e. The number of carbonyl (C=O) groups is 1. The maximum atomic E-state index is 14.5. The van der Waals surface area contributed by atoms with E-state index in [1.807, 2.05) is 37.3 Å². The number of ether oxygens (including phenoxy) is 3. The molecule has 2 aromatic rings. The summed E-state index contributed by atoms with van der Waals surface area (Å²) in [6.07, 6.45) is -5.20. The molecule has 0 bridgehead atoms. The highest BCUT2D eigenvalue weighted by molar-refractivity contribution is 5.89. The summed E-state index contributed by atoms with van der Waals surface area (Å²) in [6.45, 7) is 1.77. The number of aliphatic hydroxyl groups excluding tert-OH is 1. The molecule has 0 amide bonds. The van der Waals surface area contributed by atoms with Crippen molar-refractivity contribution in [3.8, 4) is 0 Å². The molecule has 4 atom stereocenters. The molecule has 1 unspecified atom stereocenters. The molecule has 0 radical (unpaired) electrons. The van der Waals surface area contributed by atoms with Crippen LogP contribution in [0, 0.1) is 6.92 Å². The zero-order valence-electron chi connectivity index (χ0n) is 14.4. The van der Waals surface area contributed by atoms with E-state index in [9.17, 15) is 14.3 Å². The average Bonchev–Trinajstić information content (AvgIpc) is 2.92. The van der Waals surface area contributed by atoms with Gasteiger partial charge >= 0.3 is 5.97 Å². The van der Waals surface area contributed by atoms with Crippen molar-refractivity contribution < 1.29 is 28.5 Å². The van der Waals surface area contributed by atoms with Gasteiger partial charge in [-0.25, -0.2) is 9.18 Å². The molecule has 1 N–H and O–H groups in total. The fourth-order valence-corrected chi connectivity index (χ4v) is 2.70. The van der Waals surface area contributed by atoms with E-state index in [-0.39, 0.29) is 13.2 Å². The van der Waals surface area contributed by atoms with Crippen LogP contribution in [0.25, 0.3) is 0 Å². The Kier molecular flexibility index (Phi) is 5.98. The van der Waals surface area contributed by atoms with Crippen LogP contribution in [-0.2, 0) is 20.8 Å². The van der Waals surface area contributed by atoms with Crippen molar-refractivity contribution in [1.82, 2.24) is 0 Å². The van der Waals surface area contributed by atoms with Gasteiger partial charge in [-0.05, 0) is 24.6 Å². The molecule has 3 rings (SSSR count). The number of aryl methyl sites for hydroxylation is 1. The second kappa shape index (κ2) is 8.40. The van der Waals surface area contributed by atoms with E-state index in [0.717, 1.165) is 11.1 Å². The van der Waals surface area contributed by atoms with E-state index in [2.05, 4.69) is 0 Å². The van der Waals surface area contributed by atoms with Crippen molar-refractivity contribution in [2.75, 3.05) is 6.61 Å². The number of alkyl halides is 1. The fourth-order valence-electron chi connectivity index (χ4n) is 2.70. The van der Waals surface area contributed by atoms with Gasteiger partial charge < -0.3 is 19.3 Å². The lowest BCUT2D eigenvalue weighted by Gasteiger charge is -2.16. The van der Waals surface area contributed by atoms with E-state index < -0.39 is 30.6 Å². The zero-order valence-corrected chi connectivity index (χ0v) is 14.4. The molecule has 2 aromatic carbocycles. The van der Waals surface area contributed by atoms with Crippen molar-refractivity contribution in [3.05, 3.63) is 71.3 Å². The van der Waals surface area contributed by atoms with Gasteiger partial charge in [0.1, 0.15) is 18.8 Å². The molecule has 1 heterocycles. The highest BCUT2D eigenvalue weighted by Gasteiger charge is 2.45. The molecule has 138 valence electrons. The molecule has 0 aromatic heterocycles. The summed E-state index contributed by atoms with van der Waals surface area (Å²) in [7, 11) is 0. The summed E-state index contributed by atoms with van der Waals surface area (Å²) in [5.74, 6) is -0.566. The van der Waals surface area contributed by atoms with Gasteiger partial charge in [0.05, 0.1) is 12.2 Å². The summed E-state index contributed by atoms with van der Waals surface area (Å²) in [6, 6.07) is 16.1. The Bertz CT molecular complexity index is 719. The highest BCUT2D eigenvalue weighted by Crippen LogP contribution is 2.26. The van der Waals surface area contributed by atoms with E-state index in [1.54, 1.807) is 24.3 Å². The third-order valence-electron chi connectivity index (χ3n) is 4.22. The first-order chi connectivity index (χ1) is 12.5. The Labute approximate surface area is 151 Å². The van der Waals surface area contributed by atoms with Gasteiger partial charge in [0.25, 0.3) is 0 Å². The van der Waals surface area contributed by atoms with E-state index >= 15 is 0 Å². The predicted octanol–water partition coefficient (Wildman–Crippen LogP) is 2.79. The third kappa shape index (κ3) is 4.46. The molecule has 1 aliphatic heterocycles. The van der Waals surface area contributed by atoms with Crippen LogP contribution in [-0.4, -0.2) is 42.4 Å². The van der Waals surface area contributed by atoms with Crippen LogP contribution in [0.2, 0.25) is 0 Å². The fraction of sp³-hybridized carbons (Fsp3) is 0.350. The zero-order chi connectivity index (χ0) is 18.5. The van der Waals surface area contributed by atoms with Crippen molar-refractivity contribution in [2.24, 2.45) is 0 Å². The van der Waals surface area contributed by atoms with Crippen LogP contribution in [0.5, 0.6) is 0 Å². The Morgan fingerprint density at radius 3 is 2.54 bits per heavy atom. The molecule has 6 heteroatoms. The van der Waals surface area contributed by atoms with Gasteiger partial charge in [-0.15, -0.1) is 0 Å². The molecule has 0 saturated carbocycles.